The number of carbonyl (C=O) groups excluding carboxylic acids is 6. The lowest BCUT2D eigenvalue weighted by atomic mass is 9.82. The highest BCUT2D eigenvalue weighted by atomic mass is 32.1. The molecule has 102 heavy (non-hydrogen) atoms. The van der Waals surface area contributed by atoms with Gasteiger partial charge in [0.05, 0.1) is 40.0 Å². The molecule has 6 amide bonds. The number of halogens is 3. The molecule has 0 radical (unpaired) electrons. The van der Waals surface area contributed by atoms with Gasteiger partial charge in [-0.3, -0.25) is 33.7 Å². The number of likely N-dealkylation sites (N-methyl/N-ethyl adjacent to an activating group) is 1. The number of nitrogens with zero attached hydrogens (tertiary/aromatic N) is 9. The number of piperidine rings is 2. The van der Waals surface area contributed by atoms with Gasteiger partial charge in [-0.1, -0.05) is 71.0 Å². The van der Waals surface area contributed by atoms with E-state index in [1.54, 1.807) is 31.2 Å². The van der Waals surface area contributed by atoms with E-state index in [9.17, 15) is 38.3 Å². The van der Waals surface area contributed by atoms with Crippen molar-refractivity contribution in [3.8, 4) is 16.2 Å². The number of fused-ring (bicyclic) bond motifs is 1. The van der Waals surface area contributed by atoms with E-state index in [4.69, 9.17) is 4.74 Å². The molecule has 1 unspecified atom stereocenters. The van der Waals surface area contributed by atoms with E-state index in [2.05, 4.69) is 93.4 Å². The van der Waals surface area contributed by atoms with E-state index in [-0.39, 0.29) is 74.3 Å². The van der Waals surface area contributed by atoms with Crippen molar-refractivity contribution in [3.05, 3.63) is 112 Å². The lowest BCUT2D eigenvalue weighted by Gasteiger charge is -2.48. The van der Waals surface area contributed by atoms with Crippen molar-refractivity contribution in [2.75, 3.05) is 107 Å². The molecule has 5 aliphatic heterocycles. The molecule has 5 aromatic rings. The molecule has 23 nitrogen and oxygen atoms in total. The van der Waals surface area contributed by atoms with E-state index in [0.717, 1.165) is 84.9 Å². The largest absolute Gasteiger partial charge is 0.483 e. The van der Waals surface area contributed by atoms with E-state index in [0.29, 0.717) is 119 Å². The second-order valence-electron chi connectivity index (χ2n) is 31.4. The van der Waals surface area contributed by atoms with Crippen molar-refractivity contribution in [1.29, 1.82) is 0 Å². The quantitative estimate of drug-likeness (QED) is 0.0299. The van der Waals surface area contributed by atoms with Crippen LogP contribution in [0.1, 0.15) is 127 Å². The number of aromatic nitrogens is 3. The van der Waals surface area contributed by atoms with E-state index >= 15 is 8.78 Å². The van der Waals surface area contributed by atoms with Crippen LogP contribution in [0.2, 0.25) is 0 Å². The molecule has 7 aliphatic rings. The van der Waals surface area contributed by atoms with Crippen LogP contribution in [0, 0.1) is 41.2 Å². The number of ether oxygens (including phenoxy) is 1. The molecule has 6 atom stereocenters. The first-order chi connectivity index (χ1) is 48.6. The predicted octanol–water partition coefficient (Wildman–Crippen LogP) is 6.85. The molecule has 0 bridgehead atoms. The molecule has 2 aliphatic carbocycles. The maximum Gasteiger partial charge on any atom is 0.258 e. The number of aliphatic hydroxyl groups is 1. The Labute approximate surface area is 599 Å². The van der Waals surface area contributed by atoms with Gasteiger partial charge in [0.1, 0.15) is 47.4 Å². The van der Waals surface area contributed by atoms with Gasteiger partial charge >= 0.3 is 0 Å². The Kier molecular flexibility index (Phi) is 22.5. The number of likely N-dealkylation sites (tertiary alicyclic amines) is 3. The molecule has 550 valence electrons. The van der Waals surface area contributed by atoms with Gasteiger partial charge in [0.25, 0.3) is 11.8 Å². The normalized spacial score (nSPS) is 22.6. The maximum atomic E-state index is 15.8. The van der Waals surface area contributed by atoms with Crippen molar-refractivity contribution in [3.63, 3.8) is 0 Å². The van der Waals surface area contributed by atoms with E-state index in [1.807, 2.05) is 49.4 Å². The van der Waals surface area contributed by atoms with Gasteiger partial charge < -0.3 is 66.2 Å². The van der Waals surface area contributed by atoms with Crippen LogP contribution >= 0.6 is 11.3 Å². The van der Waals surface area contributed by atoms with Gasteiger partial charge in [-0.05, 0) is 130 Å². The number of amides is 6. The number of aryl methyl sites for hydroxylation is 1. The SMILES string of the molecule is Cc1ncsc1-c1ccc(CNC(=O)[C@@H]2C[C@@H](O)CN2C(=O)[C@@H](NC(=O)C2(F)CC2)C(C)(C)C)c(OCC(=O)NCCN(C)C2C[C@@H]3CN(CCC(=O)NCc4cccc(CNc5cc(N6CCC7(CC6)CN(c6cc(F)c(CN8CCC(C)(C)CC8)cc6F)CC(=O)N7)ncn5)c4)C[C@@H]3C2)c1. The first-order valence-electron chi connectivity index (χ1n) is 36.2. The number of carbonyl (C=O) groups is 6. The average molecular weight is 1430 g/mol. The van der Waals surface area contributed by atoms with Gasteiger partial charge in [0, 0.05) is 127 Å². The van der Waals surface area contributed by atoms with Gasteiger partial charge in [0.2, 0.25) is 23.6 Å². The minimum atomic E-state index is -2.00. The molecule has 2 aromatic heterocycles. The van der Waals surface area contributed by atoms with E-state index in [1.165, 1.54) is 34.7 Å². The number of thiazole rings is 1. The van der Waals surface area contributed by atoms with Crippen molar-refractivity contribution in [2.45, 2.75) is 167 Å². The lowest BCUT2D eigenvalue weighted by Crippen LogP contribution is -2.66. The lowest BCUT2D eigenvalue weighted by molar-refractivity contribution is -0.145. The average Bonchev–Trinajstić information content (AvgIpc) is 1.16. The fourth-order valence-electron chi connectivity index (χ4n) is 15.5. The third-order valence-electron chi connectivity index (χ3n) is 22.0. The highest BCUT2D eigenvalue weighted by Crippen LogP contribution is 2.42. The maximum absolute atomic E-state index is 15.8. The number of aliphatic hydroxyl groups excluding tert-OH is 1. The molecule has 7 fully saturated rings. The van der Waals surface area contributed by atoms with Crippen LogP contribution in [0.4, 0.5) is 30.5 Å². The third kappa shape index (κ3) is 18.1. The highest BCUT2D eigenvalue weighted by Gasteiger charge is 2.54. The molecule has 12 rings (SSSR count). The summed E-state index contributed by atoms with van der Waals surface area (Å²) in [5.74, 6) is -0.609. The van der Waals surface area contributed by atoms with Crippen molar-refractivity contribution >= 4 is 64.1 Å². The number of benzene rings is 3. The first-order valence-corrected chi connectivity index (χ1v) is 37.1. The van der Waals surface area contributed by atoms with Crippen LogP contribution in [0.15, 0.2) is 72.5 Å². The number of hydrogen-bond acceptors (Lipinski definition) is 18. The summed E-state index contributed by atoms with van der Waals surface area (Å²) in [5, 5.41) is 29.0. The molecule has 5 saturated heterocycles. The molecule has 3 aromatic carbocycles. The zero-order valence-corrected chi connectivity index (χ0v) is 60.7. The number of nitrogens with one attached hydrogen (secondary N) is 6. The van der Waals surface area contributed by atoms with Gasteiger partial charge in [-0.2, -0.15) is 0 Å². The van der Waals surface area contributed by atoms with Gasteiger partial charge in [0.15, 0.2) is 12.3 Å². The molecular weight excluding hydrogens is 1330 g/mol. The molecule has 27 heteroatoms. The van der Waals surface area contributed by atoms with Gasteiger partial charge in [-0.25, -0.2) is 28.1 Å². The highest BCUT2D eigenvalue weighted by molar-refractivity contribution is 7.13. The Morgan fingerprint density at radius 1 is 0.804 bits per heavy atom. The second kappa shape index (κ2) is 31.1. The minimum absolute atomic E-state index is 0.000248. The van der Waals surface area contributed by atoms with Crippen LogP contribution in [0.25, 0.3) is 10.4 Å². The van der Waals surface area contributed by atoms with E-state index < -0.39 is 64.2 Å². The molecule has 7 N–H and O–H groups in total. The van der Waals surface area contributed by atoms with Crippen molar-refractivity contribution in [2.24, 2.45) is 22.7 Å². The zero-order valence-electron chi connectivity index (χ0n) is 59.9. The van der Waals surface area contributed by atoms with Crippen LogP contribution in [0.3, 0.4) is 0 Å². The molecule has 1 spiro atoms. The fraction of sp³-hybridized carbons (Fsp3) is 0.587. The molecular formula is C75H100F3N15O8S. The molecule has 2 saturated carbocycles. The summed E-state index contributed by atoms with van der Waals surface area (Å²) >= 11 is 1.47. The minimum Gasteiger partial charge on any atom is -0.483 e. The summed E-state index contributed by atoms with van der Waals surface area (Å²) in [6, 6.07) is 16.3. The van der Waals surface area contributed by atoms with Crippen molar-refractivity contribution < 1.29 is 51.8 Å². The zero-order chi connectivity index (χ0) is 72.3. The summed E-state index contributed by atoms with van der Waals surface area (Å²) in [7, 11) is 2.09. The first kappa shape index (κ1) is 73.8. The summed E-state index contributed by atoms with van der Waals surface area (Å²) in [6.45, 7) is 19.3. The van der Waals surface area contributed by atoms with Crippen LogP contribution in [0.5, 0.6) is 5.75 Å². The Balaban J connectivity index is 0.541. The second-order valence-corrected chi connectivity index (χ2v) is 32.3. The van der Waals surface area contributed by atoms with Crippen LogP contribution < -0.4 is 46.4 Å². The monoisotopic (exact) mass is 1430 g/mol. The predicted molar refractivity (Wildman–Crippen MR) is 384 cm³/mol. The number of rotatable bonds is 26. The van der Waals surface area contributed by atoms with Gasteiger partial charge in [-0.15, -0.1) is 11.3 Å². The molecule has 7 heterocycles. The summed E-state index contributed by atoms with van der Waals surface area (Å²) < 4.78 is 52.4. The standard InChI is InChI=1S/C75H100F3N15O8S/c1-47-67(102-46-85-47)50-11-12-51(37-82-69(98)60-32-56(94)41-93(60)70(99)68(72(2,3)4)86-71(100)75(78)14-15-75)61(31-50)101-43-66(97)79-20-26-88(7)55-28-52-38-90(39-53(52)29-55)21-13-64(95)81-36-49-10-8-9-48(27-49)35-80-62-34-63(84-45-83-62)91-24-18-74(19-25-91)44-92(42-65(96)87-74)59-33-57(76)54(30-58(59)77)40-89-22-16-73(5,6)17-23-89/h8-12,27,30-31,33-34,45-46,52-53,55-56,60,68,94H,13-26,28-29,32,35-44H2,1-7H3,(H,79,97)(H,81,95)(H,82,98)(H,86,100)(H,87,96)(H,80,83,84)/t52-,53+,55?,56-,60+,68-/m1/s1. The Hall–Kier alpha value is -7.98. The summed E-state index contributed by atoms with van der Waals surface area (Å²) in [5.41, 5.74) is 3.27. The summed E-state index contributed by atoms with van der Waals surface area (Å²) in [6.07, 6.45) is 6.38. The van der Waals surface area contributed by atoms with Crippen LogP contribution in [-0.4, -0.2) is 203 Å². The Morgan fingerprint density at radius 3 is 2.25 bits per heavy atom. The number of piperazine rings is 1. The fourth-order valence-corrected chi connectivity index (χ4v) is 16.3. The van der Waals surface area contributed by atoms with Crippen molar-refractivity contribution in [1.82, 2.24) is 61.1 Å². The Morgan fingerprint density at radius 2 is 1.54 bits per heavy atom. The number of alkyl halides is 1. The Bertz CT molecular complexity index is 3860. The third-order valence-corrected chi connectivity index (χ3v) is 23.0. The topological polar surface area (TPSA) is 262 Å². The summed E-state index contributed by atoms with van der Waals surface area (Å²) in [4.78, 5) is 107. The van der Waals surface area contributed by atoms with Crippen LogP contribution in [-0.2, 0) is 54.9 Å². The number of β-amino-alcohol motifs (C(OH)–C–C–N with tert-alkyl or cyclic N) is 1. The number of anilines is 3. The smallest absolute Gasteiger partial charge is 0.258 e. The number of hydrogen-bond donors (Lipinski definition) is 7.